The van der Waals surface area contributed by atoms with Crippen LogP contribution in [0.3, 0.4) is 0 Å². The molecule has 2 aliphatic rings. The van der Waals surface area contributed by atoms with Crippen LogP contribution in [0.1, 0.15) is 22.6 Å². The Labute approximate surface area is 370 Å². The first kappa shape index (κ1) is 38.0. The summed E-state index contributed by atoms with van der Waals surface area (Å²) in [7, 11) is 0. The van der Waals surface area contributed by atoms with Gasteiger partial charge in [0, 0.05) is 28.9 Å². The largest absolute Gasteiger partial charge is 0.310 e. The maximum Gasteiger partial charge on any atom is 0.0468 e. The fourth-order valence-corrected chi connectivity index (χ4v) is 9.59. The van der Waals surface area contributed by atoms with E-state index in [9.17, 15) is 0 Å². The molecule has 0 aliphatic heterocycles. The highest BCUT2D eigenvalue weighted by Gasteiger charge is 2.30. The van der Waals surface area contributed by atoms with E-state index in [2.05, 4.69) is 266 Å². The minimum Gasteiger partial charge on any atom is -0.310 e. The van der Waals surface area contributed by atoms with Gasteiger partial charge in [-0.2, -0.15) is 0 Å². The Bertz CT molecular complexity index is 3120. The molecule has 2 atom stereocenters. The lowest BCUT2D eigenvalue weighted by molar-refractivity contribution is 0.709. The van der Waals surface area contributed by atoms with E-state index in [1.54, 1.807) is 0 Å². The predicted molar refractivity (Wildman–Crippen MR) is 267 cm³/mol. The van der Waals surface area contributed by atoms with Gasteiger partial charge in [-0.1, -0.05) is 218 Å². The second kappa shape index (κ2) is 16.8. The fourth-order valence-electron chi connectivity index (χ4n) is 9.59. The molecule has 298 valence electrons. The molecule has 0 saturated carbocycles. The van der Waals surface area contributed by atoms with Gasteiger partial charge in [0.15, 0.2) is 0 Å². The smallest absolute Gasteiger partial charge is 0.0468 e. The predicted octanol–water partition coefficient (Wildman–Crippen LogP) is 16.9. The number of rotatable bonds is 9. The van der Waals surface area contributed by atoms with E-state index < -0.39 is 0 Å². The van der Waals surface area contributed by atoms with Crippen molar-refractivity contribution in [1.82, 2.24) is 0 Å². The van der Waals surface area contributed by atoms with Gasteiger partial charge in [0.2, 0.25) is 0 Å². The minimum atomic E-state index is 0.291. The molecule has 11 rings (SSSR count). The third kappa shape index (κ3) is 7.45. The molecule has 0 amide bonds. The van der Waals surface area contributed by atoms with E-state index in [-0.39, 0.29) is 0 Å². The van der Waals surface area contributed by atoms with Crippen LogP contribution in [0.25, 0.3) is 67.3 Å². The lowest BCUT2D eigenvalue weighted by Crippen LogP contribution is -2.17. The average molecular weight is 804 g/mol. The van der Waals surface area contributed by atoms with Crippen LogP contribution >= 0.6 is 0 Å². The van der Waals surface area contributed by atoms with Crippen LogP contribution in [0.2, 0.25) is 0 Å². The van der Waals surface area contributed by atoms with E-state index in [0.29, 0.717) is 11.8 Å². The molecule has 2 aliphatic carbocycles. The first-order valence-corrected chi connectivity index (χ1v) is 21.9. The SMILES string of the molecule is C1=CC2C(c3ccc(N(c4ccc(-c5cc(-c6ccccc6)ccc5-c5ccccc5)cc4)c4ccc(-c5ccccc5)c(-c5ccccc5)c4)cc3)=Cc3ccccc3C2C=C1. The van der Waals surface area contributed by atoms with Gasteiger partial charge in [0.25, 0.3) is 0 Å². The second-order valence-electron chi connectivity index (χ2n) is 16.4. The Balaban J connectivity index is 1.04. The summed E-state index contributed by atoms with van der Waals surface area (Å²) in [6, 6.07) is 83.9. The third-order valence-corrected chi connectivity index (χ3v) is 12.7. The van der Waals surface area contributed by atoms with Gasteiger partial charge in [-0.3, -0.25) is 0 Å². The Morgan fingerprint density at radius 2 is 0.714 bits per heavy atom. The molecule has 0 N–H and O–H groups in total. The summed E-state index contributed by atoms with van der Waals surface area (Å²) >= 11 is 0. The monoisotopic (exact) mass is 803 g/mol. The van der Waals surface area contributed by atoms with Gasteiger partial charge >= 0.3 is 0 Å². The number of allylic oxidation sites excluding steroid dienone is 5. The topological polar surface area (TPSA) is 3.24 Å². The lowest BCUT2D eigenvalue weighted by Gasteiger charge is -2.33. The highest BCUT2D eigenvalue weighted by atomic mass is 15.1. The third-order valence-electron chi connectivity index (χ3n) is 12.7. The number of fused-ring (bicyclic) bond motifs is 3. The quantitative estimate of drug-likeness (QED) is 0.140. The Morgan fingerprint density at radius 1 is 0.286 bits per heavy atom. The molecule has 2 unspecified atom stereocenters. The molecule has 0 heterocycles. The van der Waals surface area contributed by atoms with Crippen LogP contribution in [0.4, 0.5) is 17.1 Å². The van der Waals surface area contributed by atoms with Crippen molar-refractivity contribution in [2.75, 3.05) is 4.90 Å². The van der Waals surface area contributed by atoms with Crippen molar-refractivity contribution in [3.8, 4) is 55.6 Å². The lowest BCUT2D eigenvalue weighted by atomic mass is 9.71. The Hall–Kier alpha value is -8.00. The van der Waals surface area contributed by atoms with E-state index in [1.807, 2.05) is 0 Å². The molecule has 0 aromatic heterocycles. The highest BCUT2D eigenvalue weighted by molar-refractivity contribution is 5.92. The number of anilines is 3. The van der Waals surface area contributed by atoms with Crippen molar-refractivity contribution < 1.29 is 0 Å². The molecule has 0 spiro atoms. The number of nitrogens with zero attached hydrogens (tertiary/aromatic N) is 1. The van der Waals surface area contributed by atoms with E-state index >= 15 is 0 Å². The van der Waals surface area contributed by atoms with Crippen molar-refractivity contribution >= 4 is 28.7 Å². The normalized spacial score (nSPS) is 15.0. The summed E-state index contributed by atoms with van der Waals surface area (Å²) in [5.74, 6) is 0.621. The minimum absolute atomic E-state index is 0.291. The van der Waals surface area contributed by atoms with Gasteiger partial charge in [0.05, 0.1) is 0 Å². The zero-order chi connectivity index (χ0) is 42.0. The number of hydrogen-bond donors (Lipinski definition) is 0. The molecule has 0 bridgehead atoms. The van der Waals surface area contributed by atoms with Crippen LogP contribution in [0.5, 0.6) is 0 Å². The van der Waals surface area contributed by atoms with Gasteiger partial charge in [-0.15, -0.1) is 0 Å². The average Bonchev–Trinajstić information content (AvgIpc) is 3.37. The zero-order valence-electron chi connectivity index (χ0n) is 34.9. The van der Waals surface area contributed by atoms with Crippen LogP contribution in [-0.2, 0) is 0 Å². The summed E-state index contributed by atoms with van der Waals surface area (Å²) < 4.78 is 0. The van der Waals surface area contributed by atoms with Gasteiger partial charge in [-0.05, 0) is 120 Å². The van der Waals surface area contributed by atoms with Gasteiger partial charge in [-0.25, -0.2) is 0 Å². The standard InChI is InChI=1S/C62H45N/c1-5-17-44(18-6-1)50-33-39-56(45-19-7-2-8-20-45)60(41-50)48-29-34-52(35-30-48)63(54-38-40-57(46-21-9-3-10-22-46)62(43-54)47-23-11-4-12-24-47)53-36-31-49(32-37-53)61-42-51-25-13-14-26-55(51)58-27-15-16-28-59(58)61/h1-43,58-59H. The molecule has 0 saturated heterocycles. The molecular weight excluding hydrogens is 759 g/mol. The molecule has 63 heavy (non-hydrogen) atoms. The van der Waals surface area contributed by atoms with Gasteiger partial charge < -0.3 is 4.90 Å². The summed E-state index contributed by atoms with van der Waals surface area (Å²) in [5.41, 5.74) is 20.6. The van der Waals surface area contributed by atoms with Crippen molar-refractivity contribution in [1.29, 1.82) is 0 Å². The van der Waals surface area contributed by atoms with Crippen LogP contribution < -0.4 is 4.90 Å². The van der Waals surface area contributed by atoms with Gasteiger partial charge in [0.1, 0.15) is 0 Å². The second-order valence-corrected chi connectivity index (χ2v) is 16.4. The molecule has 1 heteroatoms. The van der Waals surface area contributed by atoms with Crippen molar-refractivity contribution in [3.05, 3.63) is 272 Å². The van der Waals surface area contributed by atoms with Crippen LogP contribution in [-0.4, -0.2) is 0 Å². The van der Waals surface area contributed by atoms with E-state index in [4.69, 9.17) is 0 Å². The highest BCUT2D eigenvalue weighted by Crippen LogP contribution is 2.47. The summed E-state index contributed by atoms with van der Waals surface area (Å²) in [4.78, 5) is 2.41. The molecule has 1 nitrogen and oxygen atoms in total. The molecule has 0 fully saturated rings. The zero-order valence-corrected chi connectivity index (χ0v) is 34.9. The van der Waals surface area contributed by atoms with Crippen LogP contribution in [0.15, 0.2) is 255 Å². The van der Waals surface area contributed by atoms with Crippen molar-refractivity contribution in [3.63, 3.8) is 0 Å². The number of hydrogen-bond acceptors (Lipinski definition) is 1. The number of benzene rings is 9. The molecule has 9 aromatic rings. The molecular formula is C62H45N. The molecule has 9 aromatic carbocycles. The summed E-state index contributed by atoms with van der Waals surface area (Å²) in [5, 5.41) is 0. The Morgan fingerprint density at radius 3 is 1.32 bits per heavy atom. The van der Waals surface area contributed by atoms with E-state index in [0.717, 1.165) is 17.1 Å². The summed E-state index contributed by atoms with van der Waals surface area (Å²) in [6.45, 7) is 0. The molecule has 0 radical (unpaired) electrons. The Kier molecular flexibility index (Phi) is 10.1. The summed E-state index contributed by atoms with van der Waals surface area (Å²) in [6.07, 6.45) is 11.5. The van der Waals surface area contributed by atoms with Crippen molar-refractivity contribution in [2.24, 2.45) is 5.92 Å². The fraction of sp³-hybridized carbons (Fsp3) is 0.0323. The van der Waals surface area contributed by atoms with Crippen LogP contribution in [0, 0.1) is 5.92 Å². The first-order valence-electron chi connectivity index (χ1n) is 21.9. The maximum absolute atomic E-state index is 2.41. The van der Waals surface area contributed by atoms with Crippen molar-refractivity contribution in [2.45, 2.75) is 5.92 Å². The first-order chi connectivity index (χ1) is 31.2. The van der Waals surface area contributed by atoms with E-state index in [1.165, 1.54) is 77.9 Å². The maximum atomic E-state index is 2.41.